The van der Waals surface area contributed by atoms with Gasteiger partial charge in [-0.3, -0.25) is 9.36 Å². The fraction of sp³-hybridized carbons (Fsp3) is 0.250. The zero-order valence-electron chi connectivity index (χ0n) is 19.7. The monoisotopic (exact) mass is 462 g/mol. The van der Waals surface area contributed by atoms with Gasteiger partial charge in [0.15, 0.2) is 11.3 Å². The minimum Gasteiger partial charge on any atom is -0.296 e. The first-order chi connectivity index (χ1) is 17.2. The maximum atomic E-state index is 13.8. The van der Waals surface area contributed by atoms with E-state index in [4.69, 9.17) is 20.1 Å². The van der Waals surface area contributed by atoms with E-state index in [1.165, 1.54) is 18.4 Å². The molecule has 0 N–H and O–H groups in total. The van der Waals surface area contributed by atoms with E-state index in [2.05, 4.69) is 6.08 Å². The molecule has 0 radical (unpaired) electrons. The van der Waals surface area contributed by atoms with Crippen molar-refractivity contribution in [2.45, 2.75) is 45.6 Å². The average molecular weight is 463 g/mol. The third-order valence-corrected chi connectivity index (χ3v) is 6.69. The summed E-state index contributed by atoms with van der Waals surface area (Å²) in [5.74, 6) is 0.669. The van der Waals surface area contributed by atoms with Crippen LogP contribution in [0.5, 0.6) is 0 Å². The van der Waals surface area contributed by atoms with Crippen molar-refractivity contribution in [2.24, 2.45) is 5.10 Å². The predicted molar refractivity (Wildman–Crippen MR) is 140 cm³/mol. The molecule has 6 rings (SSSR count). The number of aryl methyl sites for hydroxylation is 1. The molecule has 0 amide bonds. The molecule has 0 bridgehead atoms. The Balaban J connectivity index is 1.56. The molecule has 0 aliphatic heterocycles. The number of benzene rings is 2. The maximum Gasteiger partial charge on any atom is 0.265 e. The summed E-state index contributed by atoms with van der Waals surface area (Å²) >= 11 is 0. The SMILES string of the molecule is Cc1nc2c(c(=O)n1CCC1=CCCCC1)c1nc3ccccc3nc1n2N=Cc1ccccc1. The Kier molecular flexibility index (Phi) is 5.45. The Morgan fingerprint density at radius 2 is 1.71 bits per heavy atom. The van der Waals surface area contributed by atoms with Crippen LogP contribution in [0.15, 0.2) is 76.1 Å². The maximum absolute atomic E-state index is 13.8. The fourth-order valence-electron chi connectivity index (χ4n) is 4.84. The van der Waals surface area contributed by atoms with E-state index < -0.39 is 0 Å². The van der Waals surface area contributed by atoms with E-state index in [-0.39, 0.29) is 5.56 Å². The van der Waals surface area contributed by atoms with Gasteiger partial charge in [-0.15, -0.1) is 0 Å². The van der Waals surface area contributed by atoms with Gasteiger partial charge in [-0.2, -0.15) is 9.78 Å². The summed E-state index contributed by atoms with van der Waals surface area (Å²) in [6.45, 7) is 2.50. The number of rotatable bonds is 5. The third-order valence-electron chi connectivity index (χ3n) is 6.69. The zero-order chi connectivity index (χ0) is 23.8. The summed E-state index contributed by atoms with van der Waals surface area (Å²) in [6, 6.07) is 17.5. The van der Waals surface area contributed by atoms with Crippen molar-refractivity contribution in [1.82, 2.24) is 24.2 Å². The summed E-state index contributed by atoms with van der Waals surface area (Å²) in [4.78, 5) is 28.4. The molecule has 3 aromatic heterocycles. The quantitative estimate of drug-likeness (QED) is 0.260. The van der Waals surface area contributed by atoms with E-state index >= 15 is 0 Å². The van der Waals surface area contributed by atoms with E-state index in [0.717, 1.165) is 35.9 Å². The molecule has 0 unspecified atom stereocenters. The van der Waals surface area contributed by atoms with Crippen LogP contribution >= 0.6 is 0 Å². The Bertz CT molecular complexity index is 1680. The lowest BCUT2D eigenvalue weighted by Crippen LogP contribution is -2.24. The Morgan fingerprint density at radius 1 is 0.943 bits per heavy atom. The standard InChI is InChI=1S/C28H26N6O/c1-19-30-26-24(28(35)33(19)17-16-20-10-4-2-5-11-20)25-27(32-23-15-9-8-14-22(23)31-25)34(26)29-18-21-12-6-3-7-13-21/h3,6-10,12-15,18H,2,4-5,11,16-17H2,1H3. The second kappa shape index (κ2) is 8.91. The highest BCUT2D eigenvalue weighted by atomic mass is 16.1. The lowest BCUT2D eigenvalue weighted by atomic mass is 9.97. The molecule has 35 heavy (non-hydrogen) atoms. The number of allylic oxidation sites excluding steroid dienone is 2. The predicted octanol–water partition coefficient (Wildman–Crippen LogP) is 5.38. The van der Waals surface area contributed by atoms with Crippen molar-refractivity contribution in [3.63, 3.8) is 0 Å². The highest BCUT2D eigenvalue weighted by molar-refractivity contribution is 6.05. The minimum absolute atomic E-state index is 0.0906. The van der Waals surface area contributed by atoms with Gasteiger partial charge in [-0.1, -0.05) is 54.1 Å². The molecule has 7 heteroatoms. The molecule has 0 atom stereocenters. The average Bonchev–Trinajstić information content (AvgIpc) is 3.19. The molecule has 1 aliphatic carbocycles. The van der Waals surface area contributed by atoms with E-state index in [9.17, 15) is 4.79 Å². The first-order valence-electron chi connectivity index (χ1n) is 12.1. The summed E-state index contributed by atoms with van der Waals surface area (Å²) in [6.07, 6.45) is 9.70. The van der Waals surface area contributed by atoms with Gasteiger partial charge in [0.25, 0.3) is 5.56 Å². The first kappa shape index (κ1) is 21.4. The molecule has 0 saturated heterocycles. The minimum atomic E-state index is -0.0906. The third kappa shape index (κ3) is 3.93. The van der Waals surface area contributed by atoms with Crippen LogP contribution in [0.3, 0.4) is 0 Å². The van der Waals surface area contributed by atoms with Crippen molar-refractivity contribution in [2.75, 3.05) is 0 Å². The van der Waals surface area contributed by atoms with Crippen LogP contribution in [0.1, 0.15) is 43.5 Å². The van der Waals surface area contributed by atoms with Crippen LogP contribution < -0.4 is 5.56 Å². The van der Waals surface area contributed by atoms with Crippen molar-refractivity contribution < 1.29 is 0 Å². The largest absolute Gasteiger partial charge is 0.296 e. The summed E-state index contributed by atoms with van der Waals surface area (Å²) in [5.41, 5.74) is 5.33. The summed E-state index contributed by atoms with van der Waals surface area (Å²) in [7, 11) is 0. The molecule has 7 nitrogen and oxygen atoms in total. The first-order valence-corrected chi connectivity index (χ1v) is 12.1. The number of hydrogen-bond donors (Lipinski definition) is 0. The van der Waals surface area contributed by atoms with Gasteiger partial charge < -0.3 is 0 Å². The van der Waals surface area contributed by atoms with Gasteiger partial charge in [0.05, 0.1) is 17.2 Å². The van der Waals surface area contributed by atoms with Crippen LogP contribution in [0, 0.1) is 6.92 Å². The second-order valence-corrected chi connectivity index (χ2v) is 9.02. The highest BCUT2D eigenvalue weighted by Crippen LogP contribution is 2.26. The number of para-hydroxylation sites is 2. The molecular formula is C28H26N6O. The van der Waals surface area contributed by atoms with Crippen molar-refractivity contribution in [1.29, 1.82) is 0 Å². The highest BCUT2D eigenvalue weighted by Gasteiger charge is 2.21. The lowest BCUT2D eigenvalue weighted by molar-refractivity contribution is 0.597. The van der Waals surface area contributed by atoms with Crippen LogP contribution in [0.2, 0.25) is 0 Å². The second-order valence-electron chi connectivity index (χ2n) is 9.02. The Labute approximate surface area is 202 Å². The van der Waals surface area contributed by atoms with Crippen LogP contribution in [-0.4, -0.2) is 30.4 Å². The van der Waals surface area contributed by atoms with Crippen molar-refractivity contribution >= 4 is 39.4 Å². The van der Waals surface area contributed by atoms with E-state index in [0.29, 0.717) is 34.6 Å². The van der Waals surface area contributed by atoms with Crippen LogP contribution in [-0.2, 0) is 6.54 Å². The molecule has 0 spiro atoms. The normalized spacial score (nSPS) is 14.4. The summed E-state index contributed by atoms with van der Waals surface area (Å²) < 4.78 is 3.43. The number of aromatic nitrogens is 5. The molecular weight excluding hydrogens is 436 g/mol. The molecule has 3 heterocycles. The van der Waals surface area contributed by atoms with E-state index in [1.807, 2.05) is 61.5 Å². The van der Waals surface area contributed by atoms with Gasteiger partial charge in [0.2, 0.25) is 0 Å². The summed E-state index contributed by atoms with van der Waals surface area (Å²) in [5, 5.41) is 5.16. The van der Waals surface area contributed by atoms with Crippen LogP contribution in [0.4, 0.5) is 0 Å². The van der Waals surface area contributed by atoms with Gasteiger partial charge in [0.1, 0.15) is 16.7 Å². The topological polar surface area (TPSA) is 78.0 Å². The lowest BCUT2D eigenvalue weighted by Gasteiger charge is -2.14. The molecule has 5 aromatic rings. The Hall–Kier alpha value is -4.13. The zero-order valence-corrected chi connectivity index (χ0v) is 19.7. The van der Waals surface area contributed by atoms with Gasteiger partial charge in [-0.25, -0.2) is 15.0 Å². The molecule has 1 aliphatic rings. The number of nitrogens with zero attached hydrogens (tertiary/aromatic N) is 6. The molecule has 0 saturated carbocycles. The van der Waals surface area contributed by atoms with Crippen molar-refractivity contribution in [3.8, 4) is 0 Å². The van der Waals surface area contributed by atoms with Gasteiger partial charge in [0, 0.05) is 6.54 Å². The molecule has 2 aromatic carbocycles. The number of hydrogen-bond acceptors (Lipinski definition) is 5. The van der Waals surface area contributed by atoms with Gasteiger partial charge >= 0.3 is 0 Å². The smallest absolute Gasteiger partial charge is 0.265 e. The molecule has 174 valence electrons. The number of fused-ring (bicyclic) bond motifs is 4. The fourth-order valence-corrected chi connectivity index (χ4v) is 4.84. The van der Waals surface area contributed by atoms with Gasteiger partial charge in [-0.05, 0) is 56.7 Å². The van der Waals surface area contributed by atoms with E-state index in [1.54, 1.807) is 15.5 Å². The van der Waals surface area contributed by atoms with Crippen LogP contribution in [0.25, 0.3) is 33.2 Å². The van der Waals surface area contributed by atoms with Crippen molar-refractivity contribution in [3.05, 3.63) is 88.0 Å². The Morgan fingerprint density at radius 3 is 2.49 bits per heavy atom. The molecule has 0 fully saturated rings.